The monoisotopic (exact) mass is 314 g/mol. The highest BCUT2D eigenvalue weighted by Crippen LogP contribution is 2.29. The van der Waals surface area contributed by atoms with Gasteiger partial charge in [0.15, 0.2) is 0 Å². The molecule has 2 rings (SSSR count). The van der Waals surface area contributed by atoms with E-state index in [1.165, 1.54) is 12.1 Å². The molecule has 0 aromatic heterocycles. The Morgan fingerprint density at radius 3 is 2.32 bits per heavy atom. The van der Waals surface area contributed by atoms with Gasteiger partial charge in [0, 0.05) is 24.7 Å². The van der Waals surface area contributed by atoms with Crippen LogP contribution >= 0.6 is 0 Å². The molecule has 0 heterocycles. The Kier molecular flexibility index (Phi) is 5.11. The molecule has 1 fully saturated rings. The molecule has 6 heteroatoms. The number of likely N-dealkylation sites (N-methyl/N-ethyl adjacent to an activating group) is 2. The van der Waals surface area contributed by atoms with Crippen LogP contribution in [0.15, 0.2) is 24.3 Å². The predicted molar refractivity (Wildman–Crippen MR) is 78.6 cm³/mol. The van der Waals surface area contributed by atoms with Gasteiger partial charge < -0.3 is 10.2 Å². The van der Waals surface area contributed by atoms with Crippen LogP contribution in [-0.2, 0) is 6.18 Å². The van der Waals surface area contributed by atoms with E-state index < -0.39 is 11.7 Å². The first-order valence-corrected chi connectivity index (χ1v) is 7.46. The van der Waals surface area contributed by atoms with E-state index in [0.717, 1.165) is 37.8 Å². The lowest BCUT2D eigenvalue weighted by molar-refractivity contribution is -0.137. The van der Waals surface area contributed by atoms with Gasteiger partial charge >= 0.3 is 6.18 Å². The molecule has 0 bridgehead atoms. The molecule has 1 amide bonds. The van der Waals surface area contributed by atoms with Gasteiger partial charge in [-0.25, -0.2) is 0 Å². The summed E-state index contributed by atoms with van der Waals surface area (Å²) in [5.41, 5.74) is -0.451. The summed E-state index contributed by atoms with van der Waals surface area (Å²) in [5, 5.41) is 3.23. The van der Waals surface area contributed by atoms with Crippen LogP contribution < -0.4 is 5.32 Å². The van der Waals surface area contributed by atoms with Crippen molar-refractivity contribution in [1.29, 1.82) is 0 Å². The first-order valence-electron chi connectivity index (χ1n) is 7.46. The summed E-state index contributed by atoms with van der Waals surface area (Å²) in [5.74, 6) is -0.235. The average Bonchev–Trinajstić information content (AvgIpc) is 2.52. The Bertz CT molecular complexity index is 513. The Balaban J connectivity index is 2.13. The highest BCUT2D eigenvalue weighted by Gasteiger charge is 2.32. The number of amides is 1. The zero-order valence-electron chi connectivity index (χ0n) is 12.8. The molecule has 1 saturated carbocycles. The number of rotatable bonds is 3. The number of alkyl halides is 3. The van der Waals surface area contributed by atoms with Gasteiger partial charge in [0.2, 0.25) is 0 Å². The second-order valence-corrected chi connectivity index (χ2v) is 5.74. The van der Waals surface area contributed by atoms with E-state index in [9.17, 15) is 18.0 Å². The zero-order valence-corrected chi connectivity index (χ0v) is 12.8. The Labute approximate surface area is 128 Å². The van der Waals surface area contributed by atoms with Gasteiger partial charge in [0.1, 0.15) is 0 Å². The molecule has 1 aromatic rings. The maximum atomic E-state index is 12.6. The van der Waals surface area contributed by atoms with Gasteiger partial charge in [0.25, 0.3) is 5.91 Å². The fourth-order valence-electron chi connectivity index (χ4n) is 3.07. The number of benzene rings is 1. The molecule has 1 aliphatic rings. The summed E-state index contributed by atoms with van der Waals surface area (Å²) in [4.78, 5) is 14.1. The molecule has 2 unspecified atom stereocenters. The van der Waals surface area contributed by atoms with Crippen LogP contribution in [0.4, 0.5) is 13.2 Å². The number of carbonyl (C=O) groups is 1. The minimum atomic E-state index is -4.38. The molecule has 3 nitrogen and oxygen atoms in total. The van der Waals surface area contributed by atoms with Crippen molar-refractivity contribution in [2.45, 2.75) is 43.9 Å². The number of nitrogens with zero attached hydrogens (tertiary/aromatic N) is 1. The van der Waals surface area contributed by atoms with Gasteiger partial charge in [-0.15, -0.1) is 0 Å². The van der Waals surface area contributed by atoms with E-state index in [1.807, 2.05) is 7.05 Å². The molecule has 0 spiro atoms. The largest absolute Gasteiger partial charge is 0.416 e. The average molecular weight is 314 g/mol. The normalized spacial score (nSPS) is 22.4. The first kappa shape index (κ1) is 16.8. The topological polar surface area (TPSA) is 32.3 Å². The van der Waals surface area contributed by atoms with Gasteiger partial charge in [-0.3, -0.25) is 4.79 Å². The fourth-order valence-corrected chi connectivity index (χ4v) is 3.07. The number of carbonyl (C=O) groups excluding carboxylic acids is 1. The lowest BCUT2D eigenvalue weighted by Gasteiger charge is -2.38. The summed E-state index contributed by atoms with van der Waals surface area (Å²) >= 11 is 0. The lowest BCUT2D eigenvalue weighted by atomic mass is 9.89. The van der Waals surface area contributed by atoms with Crippen LogP contribution in [0.5, 0.6) is 0 Å². The smallest absolute Gasteiger partial charge is 0.337 e. The standard InChI is InChI=1S/C16H21F3N2O/c1-20-13-5-3-4-6-14(13)21(2)15(22)11-7-9-12(10-8-11)16(17,18)19/h7-10,13-14,20H,3-6H2,1-2H3. The van der Waals surface area contributed by atoms with Gasteiger partial charge in [-0.2, -0.15) is 13.2 Å². The summed E-state index contributed by atoms with van der Waals surface area (Å²) < 4.78 is 37.7. The van der Waals surface area contributed by atoms with E-state index in [2.05, 4.69) is 5.32 Å². The van der Waals surface area contributed by atoms with E-state index in [0.29, 0.717) is 0 Å². The molecule has 22 heavy (non-hydrogen) atoms. The molecule has 1 N–H and O–H groups in total. The molecule has 2 atom stereocenters. The molecular weight excluding hydrogens is 293 g/mol. The lowest BCUT2D eigenvalue weighted by Crippen LogP contribution is -2.51. The van der Waals surface area contributed by atoms with E-state index in [4.69, 9.17) is 0 Å². The summed E-state index contributed by atoms with van der Waals surface area (Å²) in [6.07, 6.45) is -0.272. The molecule has 0 aliphatic heterocycles. The Morgan fingerprint density at radius 2 is 1.77 bits per heavy atom. The van der Waals surface area contributed by atoms with Gasteiger partial charge in [-0.05, 0) is 44.2 Å². The van der Waals surface area contributed by atoms with Crippen molar-refractivity contribution >= 4 is 5.91 Å². The first-order chi connectivity index (χ1) is 10.3. The minimum Gasteiger partial charge on any atom is -0.337 e. The van der Waals surface area contributed by atoms with Crippen molar-refractivity contribution in [3.63, 3.8) is 0 Å². The summed E-state index contributed by atoms with van der Waals surface area (Å²) in [6, 6.07) is 4.72. The predicted octanol–water partition coefficient (Wildman–Crippen LogP) is 3.31. The van der Waals surface area contributed by atoms with Gasteiger partial charge in [-0.1, -0.05) is 12.8 Å². The van der Waals surface area contributed by atoms with Crippen LogP contribution in [0.3, 0.4) is 0 Å². The second kappa shape index (κ2) is 6.69. The molecular formula is C16H21F3N2O. The molecule has 122 valence electrons. The fraction of sp³-hybridized carbons (Fsp3) is 0.562. The third-order valence-corrected chi connectivity index (χ3v) is 4.38. The van der Waals surface area contributed by atoms with Crippen molar-refractivity contribution in [3.8, 4) is 0 Å². The molecule has 1 aliphatic carbocycles. The highest BCUT2D eigenvalue weighted by atomic mass is 19.4. The zero-order chi connectivity index (χ0) is 16.3. The maximum absolute atomic E-state index is 12.6. The van der Waals surface area contributed by atoms with E-state index in [1.54, 1.807) is 11.9 Å². The highest BCUT2D eigenvalue weighted by molar-refractivity contribution is 5.94. The Morgan fingerprint density at radius 1 is 1.18 bits per heavy atom. The summed E-state index contributed by atoms with van der Waals surface area (Å²) in [6.45, 7) is 0. The third kappa shape index (κ3) is 3.61. The van der Waals surface area contributed by atoms with Crippen LogP contribution in [0.25, 0.3) is 0 Å². The van der Waals surface area contributed by atoms with Crippen molar-refractivity contribution in [3.05, 3.63) is 35.4 Å². The summed E-state index contributed by atoms with van der Waals surface area (Å²) in [7, 11) is 3.60. The number of hydrogen-bond donors (Lipinski definition) is 1. The number of hydrogen-bond acceptors (Lipinski definition) is 2. The van der Waals surface area contributed by atoms with Crippen LogP contribution in [0.2, 0.25) is 0 Å². The maximum Gasteiger partial charge on any atom is 0.416 e. The van der Waals surface area contributed by atoms with Crippen molar-refractivity contribution in [2.75, 3.05) is 14.1 Å². The van der Waals surface area contributed by atoms with Gasteiger partial charge in [0.05, 0.1) is 5.56 Å². The minimum absolute atomic E-state index is 0.0774. The van der Waals surface area contributed by atoms with E-state index in [-0.39, 0.29) is 23.6 Å². The van der Waals surface area contributed by atoms with E-state index >= 15 is 0 Å². The van der Waals surface area contributed by atoms with Crippen molar-refractivity contribution < 1.29 is 18.0 Å². The van der Waals surface area contributed by atoms with Crippen LogP contribution in [0.1, 0.15) is 41.6 Å². The molecule has 0 radical (unpaired) electrons. The molecule has 0 saturated heterocycles. The van der Waals surface area contributed by atoms with Crippen molar-refractivity contribution in [2.24, 2.45) is 0 Å². The van der Waals surface area contributed by atoms with Crippen LogP contribution in [0, 0.1) is 0 Å². The Hall–Kier alpha value is -1.56. The molecule has 1 aromatic carbocycles. The SMILES string of the molecule is CNC1CCCCC1N(C)C(=O)c1ccc(C(F)(F)F)cc1. The number of halogens is 3. The number of nitrogens with one attached hydrogen (secondary N) is 1. The van der Waals surface area contributed by atoms with Crippen LogP contribution in [-0.4, -0.2) is 37.0 Å². The quantitative estimate of drug-likeness (QED) is 0.928. The van der Waals surface area contributed by atoms with Crippen molar-refractivity contribution in [1.82, 2.24) is 10.2 Å². The second-order valence-electron chi connectivity index (χ2n) is 5.74. The third-order valence-electron chi connectivity index (χ3n) is 4.38.